The molecule has 1 spiro atoms. The van der Waals surface area contributed by atoms with E-state index in [2.05, 4.69) is 20.1 Å². The van der Waals surface area contributed by atoms with Crippen molar-refractivity contribution in [3.05, 3.63) is 91.5 Å². The van der Waals surface area contributed by atoms with Crippen LogP contribution in [-0.4, -0.2) is 81.7 Å². The van der Waals surface area contributed by atoms with Gasteiger partial charge in [0.25, 0.3) is 0 Å². The number of carbonyl (C=O) groups excluding carboxylic acids is 3. The summed E-state index contributed by atoms with van der Waals surface area (Å²) in [6, 6.07) is 17.3. The van der Waals surface area contributed by atoms with E-state index in [0.29, 0.717) is 37.9 Å². The molecule has 246 valence electrons. The van der Waals surface area contributed by atoms with Crippen molar-refractivity contribution in [1.82, 2.24) is 9.80 Å². The summed E-state index contributed by atoms with van der Waals surface area (Å²) in [6.07, 6.45) is 7.02. The van der Waals surface area contributed by atoms with Gasteiger partial charge in [-0.05, 0) is 56.7 Å². The van der Waals surface area contributed by atoms with E-state index in [1.165, 1.54) is 0 Å². The highest BCUT2D eigenvalue weighted by molar-refractivity contribution is 6.03. The number of ether oxygens (including phenoxy) is 1. The van der Waals surface area contributed by atoms with E-state index < -0.39 is 35.1 Å². The Hall–Kier alpha value is -3.75. The zero-order valence-corrected chi connectivity index (χ0v) is 27.5. The molecule has 3 amide bonds. The van der Waals surface area contributed by atoms with Gasteiger partial charge in [-0.2, -0.15) is 0 Å². The van der Waals surface area contributed by atoms with Crippen LogP contribution in [0.5, 0.6) is 0 Å². The largest absolute Gasteiger partial charge is 0.394 e. The Bertz CT molecular complexity index is 1420. The van der Waals surface area contributed by atoms with Crippen LogP contribution in [0.4, 0.5) is 5.69 Å². The van der Waals surface area contributed by atoms with Gasteiger partial charge in [0.1, 0.15) is 11.6 Å². The fourth-order valence-corrected chi connectivity index (χ4v) is 8.43. The molecule has 0 saturated carbocycles. The van der Waals surface area contributed by atoms with Gasteiger partial charge in [0.05, 0.1) is 30.1 Å². The van der Waals surface area contributed by atoms with Gasteiger partial charge in [0, 0.05) is 24.8 Å². The predicted molar refractivity (Wildman–Crippen MR) is 180 cm³/mol. The Morgan fingerprint density at radius 1 is 1.02 bits per heavy atom. The molecule has 3 unspecified atom stereocenters. The summed E-state index contributed by atoms with van der Waals surface area (Å²) in [4.78, 5) is 49.8. The van der Waals surface area contributed by atoms with Crippen LogP contribution in [0.25, 0.3) is 0 Å². The maximum Gasteiger partial charge on any atom is 0.248 e. The molecule has 3 saturated heterocycles. The first kappa shape index (κ1) is 33.6. The fourth-order valence-electron chi connectivity index (χ4n) is 8.43. The molecule has 5 rings (SSSR count). The van der Waals surface area contributed by atoms with Crippen LogP contribution in [0, 0.1) is 11.8 Å². The third-order valence-corrected chi connectivity index (χ3v) is 10.5. The minimum Gasteiger partial charge on any atom is -0.394 e. The quantitative estimate of drug-likeness (QED) is 0.276. The van der Waals surface area contributed by atoms with Gasteiger partial charge >= 0.3 is 0 Å². The highest BCUT2D eigenvalue weighted by atomic mass is 16.5. The number of likely N-dealkylation sites (tertiary alicyclic amines) is 1. The molecule has 3 fully saturated rings. The molecule has 2 bridgehead atoms. The number of nitrogens with zero attached hydrogens (tertiary/aromatic N) is 3. The SMILES string of the molecule is C=CCN(C(=O)[C@@H]1[C@H]2C(=O)N([C@@H](CO)Cc3ccccc3)C(C(=O)N(CC=C)C(C)CCC)C23CC[C@@]1(CC)O3)c1ccccc1. The number of amides is 3. The molecule has 2 aromatic carbocycles. The van der Waals surface area contributed by atoms with Crippen LogP contribution in [0.3, 0.4) is 0 Å². The van der Waals surface area contributed by atoms with Crippen LogP contribution >= 0.6 is 0 Å². The van der Waals surface area contributed by atoms with E-state index in [9.17, 15) is 19.5 Å². The van der Waals surface area contributed by atoms with Crippen LogP contribution in [0.2, 0.25) is 0 Å². The van der Waals surface area contributed by atoms with Crippen molar-refractivity contribution in [3.8, 4) is 0 Å². The van der Waals surface area contributed by atoms with Crippen LogP contribution < -0.4 is 4.90 Å². The van der Waals surface area contributed by atoms with E-state index >= 15 is 0 Å². The minimum atomic E-state index is -1.20. The molecule has 7 atom stereocenters. The molecule has 2 aromatic rings. The number of aliphatic hydroxyl groups excluding tert-OH is 1. The Morgan fingerprint density at radius 2 is 1.67 bits per heavy atom. The molecule has 1 N–H and O–H groups in total. The standard InChI is InChI=1S/C38H49N3O5/c1-6-16-27(5)39(23-7-2)36(45)33-38-22-21-37(9-4,46-38)31(34(43)40(24-8-3)29-19-14-11-15-20-29)32(38)35(44)41(33)30(26-42)25-28-17-12-10-13-18-28/h7-8,10-15,17-20,27,30-33,42H,2-3,6,9,16,21-26H2,1,4-5H3/t27?,30-,31+,32+,33?,37-,38?/m1/s1. The molecule has 0 aromatic heterocycles. The summed E-state index contributed by atoms with van der Waals surface area (Å²) < 4.78 is 7.08. The van der Waals surface area contributed by atoms with E-state index in [4.69, 9.17) is 4.74 Å². The van der Waals surface area contributed by atoms with Crippen molar-refractivity contribution in [1.29, 1.82) is 0 Å². The maximum absolute atomic E-state index is 15.0. The summed E-state index contributed by atoms with van der Waals surface area (Å²) in [7, 11) is 0. The van der Waals surface area contributed by atoms with Gasteiger partial charge < -0.3 is 24.5 Å². The second kappa shape index (κ2) is 13.9. The topological polar surface area (TPSA) is 90.4 Å². The van der Waals surface area contributed by atoms with Gasteiger partial charge in [0.2, 0.25) is 17.7 Å². The van der Waals surface area contributed by atoms with Gasteiger partial charge in [-0.15, -0.1) is 13.2 Å². The fraction of sp³-hybridized carbons (Fsp3) is 0.500. The summed E-state index contributed by atoms with van der Waals surface area (Å²) in [5.41, 5.74) is -0.422. The van der Waals surface area contributed by atoms with Crippen molar-refractivity contribution in [2.24, 2.45) is 11.8 Å². The van der Waals surface area contributed by atoms with Crippen molar-refractivity contribution < 1.29 is 24.2 Å². The number of aliphatic hydroxyl groups is 1. The molecule has 3 heterocycles. The number of hydrogen-bond acceptors (Lipinski definition) is 5. The maximum atomic E-state index is 15.0. The second-order valence-electron chi connectivity index (χ2n) is 13.1. The monoisotopic (exact) mass is 627 g/mol. The van der Waals surface area contributed by atoms with Crippen LogP contribution in [0.1, 0.15) is 58.4 Å². The molecular weight excluding hydrogens is 578 g/mol. The van der Waals surface area contributed by atoms with Crippen LogP contribution in [0.15, 0.2) is 86.0 Å². The number of hydrogen-bond donors (Lipinski definition) is 1. The van der Waals surface area contributed by atoms with Crippen molar-refractivity contribution in [3.63, 3.8) is 0 Å². The molecule has 8 heteroatoms. The van der Waals surface area contributed by atoms with Gasteiger partial charge in [0.15, 0.2) is 0 Å². The van der Waals surface area contributed by atoms with Gasteiger partial charge in [-0.1, -0.05) is 81.0 Å². The Morgan fingerprint density at radius 3 is 2.26 bits per heavy atom. The minimum absolute atomic E-state index is 0.0954. The number of benzene rings is 2. The summed E-state index contributed by atoms with van der Waals surface area (Å²) >= 11 is 0. The van der Waals surface area contributed by atoms with Crippen molar-refractivity contribution >= 4 is 23.4 Å². The van der Waals surface area contributed by atoms with Gasteiger partial charge in [-0.3, -0.25) is 14.4 Å². The molecule has 3 aliphatic rings. The van der Waals surface area contributed by atoms with Gasteiger partial charge in [-0.25, -0.2) is 0 Å². The molecule has 0 aliphatic carbocycles. The lowest BCUT2D eigenvalue weighted by molar-refractivity contribution is -0.157. The molecule has 46 heavy (non-hydrogen) atoms. The third kappa shape index (κ3) is 5.60. The normalized spacial score (nSPS) is 27.6. The molecule has 0 radical (unpaired) electrons. The number of carbonyl (C=O) groups is 3. The predicted octanol–water partition coefficient (Wildman–Crippen LogP) is 5.17. The Labute approximate surface area is 273 Å². The van der Waals surface area contributed by atoms with Crippen molar-refractivity contribution in [2.75, 3.05) is 24.6 Å². The number of rotatable bonds is 15. The lowest BCUT2D eigenvalue weighted by atomic mass is 9.64. The summed E-state index contributed by atoms with van der Waals surface area (Å²) in [5, 5.41) is 10.8. The number of para-hydroxylation sites is 1. The molecule has 3 aliphatic heterocycles. The first-order valence-electron chi connectivity index (χ1n) is 16.8. The lowest BCUT2D eigenvalue weighted by Crippen LogP contribution is -2.60. The Balaban J connectivity index is 1.65. The molecule has 8 nitrogen and oxygen atoms in total. The summed E-state index contributed by atoms with van der Waals surface area (Å²) in [6.45, 7) is 14.2. The average molecular weight is 628 g/mol. The first-order chi connectivity index (χ1) is 22.2. The molecular formula is C38H49N3O5. The zero-order valence-electron chi connectivity index (χ0n) is 27.5. The van der Waals surface area contributed by atoms with Crippen LogP contribution in [-0.2, 0) is 25.5 Å². The van der Waals surface area contributed by atoms with E-state index in [1.807, 2.05) is 74.5 Å². The van der Waals surface area contributed by atoms with E-state index in [0.717, 1.165) is 18.4 Å². The van der Waals surface area contributed by atoms with E-state index in [1.54, 1.807) is 26.9 Å². The smallest absolute Gasteiger partial charge is 0.248 e. The second-order valence-corrected chi connectivity index (χ2v) is 13.1. The number of fused-ring (bicyclic) bond motifs is 1. The third-order valence-electron chi connectivity index (χ3n) is 10.5. The highest BCUT2D eigenvalue weighted by Crippen LogP contribution is 2.65. The van der Waals surface area contributed by atoms with Crippen molar-refractivity contribution in [2.45, 2.75) is 88.6 Å². The average Bonchev–Trinajstić information content (AvgIpc) is 3.69. The summed E-state index contributed by atoms with van der Waals surface area (Å²) in [5.74, 6) is -2.37. The number of anilines is 1. The first-order valence-corrected chi connectivity index (χ1v) is 16.8. The lowest BCUT2D eigenvalue weighted by Gasteiger charge is -2.41. The zero-order chi connectivity index (χ0) is 33.1. The van der Waals surface area contributed by atoms with E-state index in [-0.39, 0.29) is 36.9 Å². The Kier molecular flexibility index (Phi) is 10.2. The highest BCUT2D eigenvalue weighted by Gasteiger charge is 2.79.